The van der Waals surface area contributed by atoms with Crippen molar-refractivity contribution < 1.29 is 23.9 Å². The van der Waals surface area contributed by atoms with Gasteiger partial charge in [-0.25, -0.2) is 4.79 Å². The van der Waals surface area contributed by atoms with E-state index in [-0.39, 0.29) is 24.5 Å². The van der Waals surface area contributed by atoms with Gasteiger partial charge in [0.05, 0.1) is 6.61 Å². The second-order valence-electron chi connectivity index (χ2n) is 7.16. The fourth-order valence-electron chi connectivity index (χ4n) is 3.40. The van der Waals surface area contributed by atoms with Crippen LogP contribution in [-0.4, -0.2) is 48.6 Å². The van der Waals surface area contributed by atoms with E-state index in [2.05, 4.69) is 5.32 Å². The molecule has 1 aliphatic heterocycles. The van der Waals surface area contributed by atoms with Crippen molar-refractivity contribution in [1.29, 1.82) is 0 Å². The first-order valence-corrected chi connectivity index (χ1v) is 10.1. The number of piperidine rings is 1. The summed E-state index contributed by atoms with van der Waals surface area (Å²) in [5, 5.41) is 3.02. The van der Waals surface area contributed by atoms with Gasteiger partial charge in [0, 0.05) is 30.3 Å². The second kappa shape index (κ2) is 9.91. The van der Waals surface area contributed by atoms with Crippen molar-refractivity contribution in [2.45, 2.75) is 32.7 Å². The Hall–Kier alpha value is -3.35. The SMILES string of the molecule is CCOC(=O)Oc1ccc(C(=O)NC2CCN(C(=O)c3ccccc3C)CC2)cc1. The number of rotatable bonds is 5. The van der Waals surface area contributed by atoms with Crippen molar-refractivity contribution >= 4 is 18.0 Å². The Morgan fingerprint density at radius 3 is 2.33 bits per heavy atom. The molecule has 0 aromatic heterocycles. The number of nitrogens with zero attached hydrogens (tertiary/aromatic N) is 1. The molecule has 1 aliphatic rings. The highest BCUT2D eigenvalue weighted by molar-refractivity contribution is 5.96. The maximum atomic E-state index is 12.7. The average Bonchev–Trinajstić information content (AvgIpc) is 2.75. The van der Waals surface area contributed by atoms with Crippen LogP contribution in [-0.2, 0) is 4.74 Å². The molecular formula is C23H26N2O5. The molecule has 7 nitrogen and oxygen atoms in total. The molecular weight excluding hydrogens is 384 g/mol. The third kappa shape index (κ3) is 5.37. The quantitative estimate of drug-likeness (QED) is 0.602. The summed E-state index contributed by atoms with van der Waals surface area (Å²) in [4.78, 5) is 38.4. The van der Waals surface area contributed by atoms with Crippen molar-refractivity contribution in [1.82, 2.24) is 10.2 Å². The van der Waals surface area contributed by atoms with Gasteiger partial charge < -0.3 is 19.7 Å². The molecule has 3 rings (SSSR count). The van der Waals surface area contributed by atoms with Gasteiger partial charge in [0.1, 0.15) is 5.75 Å². The molecule has 0 bridgehead atoms. The fourth-order valence-corrected chi connectivity index (χ4v) is 3.40. The van der Waals surface area contributed by atoms with E-state index in [0.29, 0.717) is 37.2 Å². The Bertz CT molecular complexity index is 902. The molecule has 2 amide bonds. The topological polar surface area (TPSA) is 84.9 Å². The Morgan fingerprint density at radius 1 is 1.03 bits per heavy atom. The zero-order chi connectivity index (χ0) is 21.5. The van der Waals surface area contributed by atoms with Crippen LogP contribution in [0.15, 0.2) is 48.5 Å². The lowest BCUT2D eigenvalue weighted by Gasteiger charge is -2.32. The first kappa shape index (κ1) is 21.4. The minimum atomic E-state index is -0.776. The second-order valence-corrected chi connectivity index (χ2v) is 7.16. The number of aryl methyl sites for hydroxylation is 1. The Labute approximate surface area is 176 Å². The van der Waals surface area contributed by atoms with Gasteiger partial charge in [0.15, 0.2) is 0 Å². The molecule has 1 fully saturated rings. The number of ether oxygens (including phenoxy) is 2. The first-order chi connectivity index (χ1) is 14.5. The fraction of sp³-hybridized carbons (Fsp3) is 0.348. The van der Waals surface area contributed by atoms with Crippen LogP contribution in [0.2, 0.25) is 0 Å². The van der Waals surface area contributed by atoms with Crippen LogP contribution < -0.4 is 10.1 Å². The molecule has 0 atom stereocenters. The number of hydrogen-bond acceptors (Lipinski definition) is 5. The third-order valence-corrected chi connectivity index (χ3v) is 5.07. The maximum Gasteiger partial charge on any atom is 0.513 e. The van der Waals surface area contributed by atoms with Crippen LogP contribution >= 0.6 is 0 Å². The number of carbonyl (C=O) groups excluding carboxylic acids is 3. The molecule has 7 heteroatoms. The molecule has 0 radical (unpaired) electrons. The van der Waals surface area contributed by atoms with Gasteiger partial charge in [-0.1, -0.05) is 18.2 Å². The largest absolute Gasteiger partial charge is 0.513 e. The summed E-state index contributed by atoms with van der Waals surface area (Å²) < 4.78 is 9.70. The highest BCUT2D eigenvalue weighted by Crippen LogP contribution is 2.18. The predicted octanol–water partition coefficient (Wildman–Crippen LogP) is 3.56. The summed E-state index contributed by atoms with van der Waals surface area (Å²) in [6, 6.07) is 13.9. The van der Waals surface area contributed by atoms with Crippen LogP contribution in [0.3, 0.4) is 0 Å². The van der Waals surface area contributed by atoms with Gasteiger partial charge in [-0.2, -0.15) is 0 Å². The van der Waals surface area contributed by atoms with E-state index in [0.717, 1.165) is 11.1 Å². The van der Waals surface area contributed by atoms with E-state index in [1.165, 1.54) is 0 Å². The van der Waals surface area contributed by atoms with E-state index in [4.69, 9.17) is 9.47 Å². The van der Waals surface area contributed by atoms with Crippen molar-refractivity contribution in [2.75, 3.05) is 19.7 Å². The Morgan fingerprint density at radius 2 is 1.70 bits per heavy atom. The first-order valence-electron chi connectivity index (χ1n) is 10.1. The lowest BCUT2D eigenvalue weighted by atomic mass is 10.0. The maximum absolute atomic E-state index is 12.7. The molecule has 1 N–H and O–H groups in total. The summed E-state index contributed by atoms with van der Waals surface area (Å²) >= 11 is 0. The third-order valence-electron chi connectivity index (χ3n) is 5.07. The molecule has 2 aromatic rings. The Balaban J connectivity index is 1.50. The highest BCUT2D eigenvalue weighted by atomic mass is 16.7. The van der Waals surface area contributed by atoms with Crippen LogP contribution in [0.4, 0.5) is 4.79 Å². The van der Waals surface area contributed by atoms with Gasteiger partial charge in [-0.05, 0) is 62.6 Å². The molecule has 1 saturated heterocycles. The number of amides is 2. The van der Waals surface area contributed by atoms with Crippen molar-refractivity contribution in [2.24, 2.45) is 0 Å². The van der Waals surface area contributed by atoms with Crippen molar-refractivity contribution in [3.63, 3.8) is 0 Å². The molecule has 158 valence electrons. The molecule has 0 spiro atoms. The van der Waals surface area contributed by atoms with E-state index in [1.54, 1.807) is 31.2 Å². The molecule has 1 heterocycles. The van der Waals surface area contributed by atoms with Gasteiger partial charge in [0.2, 0.25) is 0 Å². The van der Waals surface area contributed by atoms with E-state index >= 15 is 0 Å². The van der Waals surface area contributed by atoms with E-state index < -0.39 is 6.16 Å². The highest BCUT2D eigenvalue weighted by Gasteiger charge is 2.25. The van der Waals surface area contributed by atoms with Crippen LogP contribution in [0.25, 0.3) is 0 Å². The minimum Gasteiger partial charge on any atom is -0.434 e. The van der Waals surface area contributed by atoms with E-state index in [9.17, 15) is 14.4 Å². The smallest absolute Gasteiger partial charge is 0.434 e. The summed E-state index contributed by atoms with van der Waals surface area (Å²) in [5.41, 5.74) is 2.17. The summed E-state index contributed by atoms with van der Waals surface area (Å²) in [6.45, 7) is 5.06. The van der Waals surface area contributed by atoms with E-state index in [1.807, 2.05) is 36.1 Å². The van der Waals surface area contributed by atoms with Crippen LogP contribution in [0.5, 0.6) is 5.75 Å². The zero-order valence-electron chi connectivity index (χ0n) is 17.2. The van der Waals surface area contributed by atoms with Gasteiger partial charge >= 0.3 is 6.16 Å². The number of benzene rings is 2. The summed E-state index contributed by atoms with van der Waals surface area (Å²) in [7, 11) is 0. The molecule has 2 aromatic carbocycles. The van der Waals surface area contributed by atoms with Crippen LogP contribution in [0.1, 0.15) is 46.0 Å². The van der Waals surface area contributed by atoms with Gasteiger partial charge in [-0.15, -0.1) is 0 Å². The lowest BCUT2D eigenvalue weighted by Crippen LogP contribution is -2.46. The number of nitrogens with one attached hydrogen (secondary N) is 1. The molecule has 0 aliphatic carbocycles. The molecule has 0 unspecified atom stereocenters. The zero-order valence-corrected chi connectivity index (χ0v) is 17.2. The average molecular weight is 410 g/mol. The minimum absolute atomic E-state index is 0.00822. The van der Waals surface area contributed by atoms with Crippen molar-refractivity contribution in [3.05, 3.63) is 65.2 Å². The number of hydrogen-bond donors (Lipinski definition) is 1. The number of carbonyl (C=O) groups is 3. The predicted molar refractivity (Wildman–Crippen MR) is 112 cm³/mol. The molecule has 30 heavy (non-hydrogen) atoms. The summed E-state index contributed by atoms with van der Waals surface area (Å²) in [6.07, 6.45) is 0.627. The number of likely N-dealkylation sites (tertiary alicyclic amines) is 1. The van der Waals surface area contributed by atoms with Gasteiger partial charge in [-0.3, -0.25) is 9.59 Å². The Kier molecular flexibility index (Phi) is 7.06. The molecule has 0 saturated carbocycles. The van der Waals surface area contributed by atoms with Crippen LogP contribution in [0, 0.1) is 6.92 Å². The normalized spacial score (nSPS) is 14.1. The lowest BCUT2D eigenvalue weighted by molar-refractivity contribution is 0.0697. The standard InChI is InChI=1S/C23H26N2O5/c1-3-29-23(28)30-19-10-8-17(9-11-19)21(26)24-18-12-14-25(15-13-18)22(27)20-7-5-4-6-16(20)2/h4-11,18H,3,12-15H2,1-2H3,(H,24,26). The monoisotopic (exact) mass is 410 g/mol. The summed E-state index contributed by atoms with van der Waals surface area (Å²) in [5.74, 6) is 0.157. The van der Waals surface area contributed by atoms with Crippen molar-refractivity contribution in [3.8, 4) is 5.75 Å². The van der Waals surface area contributed by atoms with Gasteiger partial charge in [0.25, 0.3) is 11.8 Å².